The number of carbonyl (C=O) groups is 2. The molecule has 15 atom stereocenters. The van der Waals surface area contributed by atoms with Gasteiger partial charge in [-0.3, -0.25) is 9.69 Å². The molecule has 15 unspecified atom stereocenters. The number of esters is 2. The molecule has 12 bridgehead atoms. The van der Waals surface area contributed by atoms with Crippen LogP contribution in [0.4, 0.5) is 0 Å². The Kier molecular flexibility index (Phi) is 10.5. The Hall–Kier alpha value is -3.62. The van der Waals surface area contributed by atoms with Gasteiger partial charge in [0.25, 0.3) is 0 Å². The molecule has 8 nitrogen and oxygen atoms in total. The Morgan fingerprint density at radius 1 is 0.747 bits per heavy atom. The van der Waals surface area contributed by atoms with E-state index < -0.39 is 16.4 Å². The lowest BCUT2D eigenvalue weighted by Crippen LogP contribution is -2.78. The Labute approximate surface area is 471 Å². The topological polar surface area (TPSA) is 105 Å². The van der Waals surface area contributed by atoms with Gasteiger partial charge >= 0.3 is 11.9 Å². The molecule has 9 heterocycles. The molecule has 9 aliphatic heterocycles. The molecule has 1 aromatic rings. The zero-order valence-corrected chi connectivity index (χ0v) is 47.6. The second-order valence-corrected chi connectivity index (χ2v) is 31.0. The normalized spacial score (nSPS) is 45.0. The van der Waals surface area contributed by atoms with Crippen molar-refractivity contribution in [3.8, 4) is 0 Å². The van der Waals surface area contributed by atoms with Crippen molar-refractivity contribution in [3.05, 3.63) is 93.1 Å². The minimum atomic E-state index is -1.16. The van der Waals surface area contributed by atoms with E-state index >= 15 is 9.59 Å². The smallest absolute Gasteiger partial charge is 0.339 e. The van der Waals surface area contributed by atoms with Crippen molar-refractivity contribution >= 4 is 11.9 Å². The zero-order chi connectivity index (χ0) is 52.4. The first-order valence-corrected chi connectivity index (χ1v) is 33.7. The van der Waals surface area contributed by atoms with E-state index in [1.807, 2.05) is 0 Å². The van der Waals surface area contributed by atoms with Gasteiger partial charge in [-0.25, -0.2) is 4.79 Å². The molecule has 3 saturated heterocycles. The number of ether oxygens (including phenoxy) is 2. The van der Waals surface area contributed by atoms with Crippen LogP contribution in [0.5, 0.6) is 0 Å². The molecule has 420 valence electrons. The molecule has 79 heavy (non-hydrogen) atoms. The van der Waals surface area contributed by atoms with Gasteiger partial charge in [0.2, 0.25) is 0 Å². The molecule has 11 aliphatic carbocycles. The molecule has 0 aromatic heterocycles. The number of hydrogen-bond acceptors (Lipinski definition) is 8. The maximum absolute atomic E-state index is 17.0. The van der Waals surface area contributed by atoms with Crippen LogP contribution in [0.25, 0.3) is 0 Å². The summed E-state index contributed by atoms with van der Waals surface area (Å²) in [6, 6.07) is 7.25. The average Bonchev–Trinajstić information content (AvgIpc) is 1.63. The third-order valence-electron chi connectivity index (χ3n) is 28.7. The second kappa shape index (κ2) is 17.0. The number of aryl methyl sites for hydroxylation is 1. The standard InChI is InChI=1S/C71H91N3O5/c72-32-12-16-44-15-11-17-52-58(44)64(76)79-71(52)57-35-45(43-13-3-1-4-14-43)18-20-50-49-22-30-66(24-5-2-6-25-66)53-34-46-19-21-54-47-33-42-39-73(41-47)55(48-37-67(26-7-8-27-67)68(38-48)28-9-10-29-68)36-56(75)63-69(71)31-23-51(61(50)70(57,69)65(77)78-63)60(59(49)53)62(46)74(54)40-42/h11,15,17-18,20,22,30,42-43,45,47-50,53-55,57,59-60,75H,1-10,12-14,16,19,21,23-29,31-41,72H2. The number of nitrogens with zero attached hydrogens (tertiary/aromatic N) is 2. The van der Waals surface area contributed by atoms with Crippen LogP contribution >= 0.6 is 0 Å². The number of hydrogen-bond donors (Lipinski definition) is 2. The lowest BCUT2D eigenvalue weighted by Gasteiger charge is -2.74. The fourth-order valence-corrected chi connectivity index (χ4v) is 26.4. The molecular weight excluding hydrogens is 975 g/mol. The first kappa shape index (κ1) is 48.9. The summed E-state index contributed by atoms with van der Waals surface area (Å²) >= 11 is 0. The summed E-state index contributed by atoms with van der Waals surface area (Å²) in [6.45, 7) is 3.91. The van der Waals surface area contributed by atoms with Crippen molar-refractivity contribution in [1.82, 2.24) is 9.80 Å². The molecule has 8 heteroatoms. The summed E-state index contributed by atoms with van der Waals surface area (Å²) in [7, 11) is 0. The molecule has 0 amide bonds. The van der Waals surface area contributed by atoms with Gasteiger partial charge in [-0.15, -0.1) is 0 Å². The molecule has 6 saturated carbocycles. The molecule has 0 radical (unpaired) electrons. The van der Waals surface area contributed by atoms with Crippen molar-refractivity contribution in [2.45, 2.75) is 210 Å². The quantitative estimate of drug-likeness (QED) is 0.222. The van der Waals surface area contributed by atoms with E-state index in [9.17, 15) is 5.11 Å². The van der Waals surface area contributed by atoms with Crippen LogP contribution in [0.2, 0.25) is 0 Å². The number of allylic oxidation sites excluding steroid dienone is 6. The maximum Gasteiger partial charge on any atom is 0.339 e. The number of carbonyl (C=O) groups excluding carboxylic acids is 2. The summed E-state index contributed by atoms with van der Waals surface area (Å²) in [5.74, 6) is 4.26. The Morgan fingerprint density at radius 3 is 2.30 bits per heavy atom. The molecular formula is C71H91N3O5. The molecule has 3 N–H and O–H groups in total. The second-order valence-electron chi connectivity index (χ2n) is 31.0. The molecule has 21 rings (SSSR count). The van der Waals surface area contributed by atoms with Gasteiger partial charge in [0.15, 0.2) is 11.4 Å². The SMILES string of the molecule is NCCCc1cccc2c1C(=O)OC21C2CC(C3CCCCC3)C=CC3C4=C5CCC16C(=C(O)CC(C1CC7(CCCC7)C7(CCCC7)C1)N1CC7CC(C1)C1CCC8=C(C5C5C3C=CC3(CCCCC3)C5C8)N1C7)OC(=O)C426. The van der Waals surface area contributed by atoms with E-state index in [1.165, 1.54) is 160 Å². The summed E-state index contributed by atoms with van der Waals surface area (Å²) < 4.78 is 15.0. The number of fused-ring (bicyclic) bond motifs is 6. The highest BCUT2D eigenvalue weighted by Crippen LogP contribution is 2.89. The number of benzene rings is 1. The summed E-state index contributed by atoms with van der Waals surface area (Å²) in [5.41, 5.74) is 13.2. The first-order chi connectivity index (χ1) is 38.7. The van der Waals surface area contributed by atoms with E-state index in [1.54, 1.807) is 16.8 Å². The molecule has 20 aliphatic rings. The van der Waals surface area contributed by atoms with E-state index in [0.29, 0.717) is 95.3 Å². The van der Waals surface area contributed by atoms with Crippen LogP contribution in [0.1, 0.15) is 208 Å². The molecule has 1 aromatic carbocycles. The minimum Gasteiger partial charge on any atom is -0.509 e. The van der Waals surface area contributed by atoms with Crippen LogP contribution in [-0.2, 0) is 26.3 Å². The van der Waals surface area contributed by atoms with Crippen molar-refractivity contribution in [3.63, 3.8) is 0 Å². The van der Waals surface area contributed by atoms with Crippen LogP contribution in [0, 0.1) is 92.2 Å². The Balaban J connectivity index is 0.912. The monoisotopic (exact) mass is 1070 g/mol. The van der Waals surface area contributed by atoms with Gasteiger partial charge < -0.3 is 25.2 Å². The van der Waals surface area contributed by atoms with E-state index in [-0.39, 0.29) is 53.0 Å². The van der Waals surface area contributed by atoms with Crippen LogP contribution in [-0.4, -0.2) is 65.1 Å². The largest absolute Gasteiger partial charge is 0.509 e. The molecule has 6 spiro atoms. The fraction of sp³-hybridized carbons (Fsp3) is 0.746. The van der Waals surface area contributed by atoms with Crippen molar-refractivity contribution in [2.24, 2.45) is 97.9 Å². The zero-order valence-electron chi connectivity index (χ0n) is 47.6. The average molecular weight is 1070 g/mol. The van der Waals surface area contributed by atoms with E-state index in [2.05, 4.69) is 52.3 Å². The number of nitrogens with two attached hydrogens (primary N) is 1. The predicted molar refractivity (Wildman–Crippen MR) is 305 cm³/mol. The van der Waals surface area contributed by atoms with Crippen LogP contribution in [0.3, 0.4) is 0 Å². The van der Waals surface area contributed by atoms with Crippen molar-refractivity contribution in [2.75, 3.05) is 26.2 Å². The van der Waals surface area contributed by atoms with Gasteiger partial charge in [-0.1, -0.05) is 118 Å². The van der Waals surface area contributed by atoms with Crippen molar-refractivity contribution in [1.29, 1.82) is 0 Å². The van der Waals surface area contributed by atoms with Gasteiger partial charge in [0.05, 0.1) is 11.0 Å². The highest BCUT2D eigenvalue weighted by atomic mass is 16.6. The van der Waals surface area contributed by atoms with Gasteiger partial charge in [0, 0.05) is 67.2 Å². The number of aliphatic hydroxyl groups excluding tert-OH is 1. The highest BCUT2D eigenvalue weighted by molar-refractivity contribution is 6.00. The maximum atomic E-state index is 17.0. The Bertz CT molecular complexity index is 2930. The van der Waals surface area contributed by atoms with Gasteiger partial charge in [-0.2, -0.15) is 0 Å². The lowest BCUT2D eigenvalue weighted by atomic mass is 9.26. The lowest BCUT2D eigenvalue weighted by molar-refractivity contribution is -0.283. The highest BCUT2D eigenvalue weighted by Gasteiger charge is 2.94. The van der Waals surface area contributed by atoms with Gasteiger partial charge in [0.1, 0.15) is 11.2 Å². The van der Waals surface area contributed by atoms with Crippen molar-refractivity contribution < 1.29 is 24.2 Å². The van der Waals surface area contributed by atoms with E-state index in [4.69, 9.17) is 15.2 Å². The minimum absolute atomic E-state index is 0.0463. The number of piperidine rings is 2. The van der Waals surface area contributed by atoms with Crippen LogP contribution in [0.15, 0.2) is 76.4 Å². The fourth-order valence-electron chi connectivity index (χ4n) is 26.4. The summed E-state index contributed by atoms with van der Waals surface area (Å²) in [5, 5.41) is 14.1. The van der Waals surface area contributed by atoms with E-state index in [0.717, 1.165) is 50.0 Å². The number of aliphatic hydroxyl groups is 1. The third-order valence-corrected chi connectivity index (χ3v) is 28.7. The summed E-state index contributed by atoms with van der Waals surface area (Å²) in [6.07, 6.45) is 46.8. The molecule has 9 fully saturated rings. The predicted octanol–water partition coefficient (Wildman–Crippen LogP) is 14.1. The first-order valence-electron chi connectivity index (χ1n) is 33.7. The third kappa shape index (κ3) is 5.93. The summed E-state index contributed by atoms with van der Waals surface area (Å²) in [4.78, 5) is 38.7. The Morgan fingerprint density at radius 2 is 1.52 bits per heavy atom. The number of rotatable bonds is 5. The van der Waals surface area contributed by atoms with Gasteiger partial charge in [-0.05, 0) is 203 Å². The van der Waals surface area contributed by atoms with Crippen LogP contribution < -0.4 is 5.73 Å².